The van der Waals surface area contributed by atoms with Crippen molar-refractivity contribution >= 4 is 23.2 Å². The number of aryl methyl sites for hydroxylation is 1. The van der Waals surface area contributed by atoms with Gasteiger partial charge in [0.25, 0.3) is 5.78 Å². The van der Waals surface area contributed by atoms with Crippen LogP contribution in [-0.2, 0) is 6.61 Å². The predicted molar refractivity (Wildman–Crippen MR) is 110 cm³/mol. The summed E-state index contributed by atoms with van der Waals surface area (Å²) in [5.74, 6) is 2.00. The molecule has 7 heteroatoms. The fourth-order valence-electron chi connectivity index (χ4n) is 2.96. The van der Waals surface area contributed by atoms with Crippen molar-refractivity contribution in [2.45, 2.75) is 26.5 Å². The summed E-state index contributed by atoms with van der Waals surface area (Å²) in [6.45, 7) is 4.44. The Hall–Kier alpha value is -3.12. The Labute approximate surface area is 168 Å². The van der Waals surface area contributed by atoms with Gasteiger partial charge < -0.3 is 10.1 Å². The van der Waals surface area contributed by atoms with E-state index in [1.165, 1.54) is 6.33 Å². The van der Waals surface area contributed by atoms with Crippen molar-refractivity contribution in [3.63, 3.8) is 0 Å². The van der Waals surface area contributed by atoms with E-state index < -0.39 is 0 Å². The van der Waals surface area contributed by atoms with Crippen LogP contribution >= 0.6 is 11.6 Å². The van der Waals surface area contributed by atoms with Crippen molar-refractivity contribution in [1.82, 2.24) is 19.6 Å². The number of fused-ring (bicyclic) bond motifs is 1. The van der Waals surface area contributed by atoms with Gasteiger partial charge in [0.2, 0.25) is 0 Å². The highest BCUT2D eigenvalue weighted by Crippen LogP contribution is 2.29. The maximum absolute atomic E-state index is 6.47. The Morgan fingerprint density at radius 1 is 1.14 bits per heavy atom. The molecule has 0 aliphatic heterocycles. The molecule has 0 aliphatic carbocycles. The van der Waals surface area contributed by atoms with Crippen LogP contribution in [0, 0.1) is 6.92 Å². The van der Waals surface area contributed by atoms with Crippen LogP contribution in [0.5, 0.6) is 5.75 Å². The van der Waals surface area contributed by atoms with Gasteiger partial charge >= 0.3 is 0 Å². The van der Waals surface area contributed by atoms with Crippen molar-refractivity contribution in [2.75, 3.05) is 5.32 Å². The molecule has 2 aromatic heterocycles. The summed E-state index contributed by atoms with van der Waals surface area (Å²) in [7, 11) is 0. The maximum Gasteiger partial charge on any atom is 0.254 e. The number of hydrogen-bond acceptors (Lipinski definition) is 5. The van der Waals surface area contributed by atoms with Crippen LogP contribution in [0.1, 0.15) is 29.8 Å². The van der Waals surface area contributed by atoms with Gasteiger partial charge in [-0.15, -0.1) is 0 Å². The van der Waals surface area contributed by atoms with Crippen LogP contribution in [0.15, 0.2) is 60.9 Å². The van der Waals surface area contributed by atoms with Crippen LogP contribution < -0.4 is 10.1 Å². The molecule has 142 valence electrons. The van der Waals surface area contributed by atoms with Gasteiger partial charge in [-0.05, 0) is 37.1 Å². The second kappa shape index (κ2) is 7.86. The largest absolute Gasteiger partial charge is 0.489 e. The molecule has 1 atom stereocenters. The minimum atomic E-state index is -0.0213. The lowest BCUT2D eigenvalue weighted by atomic mass is 10.1. The molecule has 0 amide bonds. The molecule has 4 rings (SSSR count). The molecule has 0 fully saturated rings. The molecule has 0 saturated heterocycles. The zero-order valence-electron chi connectivity index (χ0n) is 15.6. The first-order valence-electron chi connectivity index (χ1n) is 9.01. The Bertz CT molecular complexity index is 1100. The summed E-state index contributed by atoms with van der Waals surface area (Å²) in [5.41, 5.74) is 2.91. The third kappa shape index (κ3) is 3.77. The summed E-state index contributed by atoms with van der Waals surface area (Å²) in [6, 6.07) is 18.1. The molecular weight excluding hydrogens is 374 g/mol. The maximum atomic E-state index is 6.47. The van der Waals surface area contributed by atoms with Crippen LogP contribution in [0.3, 0.4) is 0 Å². The molecular formula is C21H20ClN5O. The van der Waals surface area contributed by atoms with Gasteiger partial charge in [0.1, 0.15) is 23.7 Å². The highest BCUT2D eigenvalue weighted by atomic mass is 35.5. The minimum Gasteiger partial charge on any atom is -0.489 e. The molecule has 2 aromatic carbocycles. The zero-order valence-corrected chi connectivity index (χ0v) is 16.4. The van der Waals surface area contributed by atoms with Crippen molar-refractivity contribution in [1.29, 1.82) is 0 Å². The van der Waals surface area contributed by atoms with Gasteiger partial charge in [-0.3, -0.25) is 0 Å². The summed E-state index contributed by atoms with van der Waals surface area (Å²) >= 11 is 6.47. The normalized spacial score (nSPS) is 12.1. The fourth-order valence-corrected chi connectivity index (χ4v) is 3.14. The van der Waals surface area contributed by atoms with Gasteiger partial charge in [-0.2, -0.15) is 14.6 Å². The fraction of sp³-hybridized carbons (Fsp3) is 0.190. The Morgan fingerprint density at radius 3 is 2.79 bits per heavy atom. The van der Waals surface area contributed by atoms with E-state index in [0.29, 0.717) is 28.9 Å². The van der Waals surface area contributed by atoms with E-state index in [1.807, 2.05) is 61.5 Å². The van der Waals surface area contributed by atoms with Crippen LogP contribution in [0.2, 0.25) is 5.02 Å². The minimum absolute atomic E-state index is 0.0213. The Kier molecular flexibility index (Phi) is 5.12. The number of ether oxygens (including phenoxy) is 1. The smallest absolute Gasteiger partial charge is 0.254 e. The van der Waals surface area contributed by atoms with Gasteiger partial charge in [-0.25, -0.2) is 4.98 Å². The summed E-state index contributed by atoms with van der Waals surface area (Å²) in [5, 5.41) is 8.18. The second-order valence-electron chi connectivity index (χ2n) is 6.54. The van der Waals surface area contributed by atoms with E-state index in [-0.39, 0.29) is 6.04 Å². The number of hydrogen-bond donors (Lipinski definition) is 1. The average molecular weight is 394 g/mol. The van der Waals surface area contributed by atoms with Crippen molar-refractivity contribution in [3.05, 3.63) is 82.8 Å². The van der Waals surface area contributed by atoms with Gasteiger partial charge in [0, 0.05) is 0 Å². The summed E-state index contributed by atoms with van der Waals surface area (Å²) in [6.07, 6.45) is 1.46. The standard InChI is InChI=1S/C21H20ClN5O/c1-14(25-20-19(22)15(2)26-21-23-13-24-27(20)21)17-9-6-10-18(11-17)28-12-16-7-4-3-5-8-16/h3-11,13-14,25H,12H2,1-2H3/t14-/m0/s1. The molecule has 0 spiro atoms. The number of aromatic nitrogens is 4. The van der Waals surface area contributed by atoms with Crippen LogP contribution in [0.25, 0.3) is 5.78 Å². The molecule has 0 saturated carbocycles. The highest BCUT2D eigenvalue weighted by Gasteiger charge is 2.16. The topological polar surface area (TPSA) is 64.3 Å². The third-order valence-corrected chi connectivity index (χ3v) is 4.95. The number of halogens is 1. The number of benzene rings is 2. The first-order valence-corrected chi connectivity index (χ1v) is 9.38. The van der Waals surface area contributed by atoms with Crippen molar-refractivity contribution < 1.29 is 4.74 Å². The van der Waals surface area contributed by atoms with E-state index in [4.69, 9.17) is 16.3 Å². The number of nitrogens with zero attached hydrogens (tertiary/aromatic N) is 4. The lowest BCUT2D eigenvalue weighted by Gasteiger charge is -2.18. The van der Waals surface area contributed by atoms with E-state index in [1.54, 1.807) is 4.52 Å². The third-order valence-electron chi connectivity index (χ3n) is 4.49. The Balaban J connectivity index is 1.53. The molecule has 0 bridgehead atoms. The average Bonchev–Trinajstić information content (AvgIpc) is 3.18. The first kappa shape index (κ1) is 18.3. The molecule has 28 heavy (non-hydrogen) atoms. The van der Waals surface area contributed by atoms with E-state index >= 15 is 0 Å². The lowest BCUT2D eigenvalue weighted by molar-refractivity contribution is 0.306. The van der Waals surface area contributed by atoms with E-state index in [9.17, 15) is 0 Å². The predicted octanol–water partition coefficient (Wildman–Crippen LogP) is 4.84. The molecule has 6 nitrogen and oxygen atoms in total. The molecule has 4 aromatic rings. The highest BCUT2D eigenvalue weighted by molar-refractivity contribution is 6.33. The van der Waals surface area contributed by atoms with E-state index in [0.717, 1.165) is 16.9 Å². The van der Waals surface area contributed by atoms with Gasteiger partial charge in [0.05, 0.1) is 11.7 Å². The summed E-state index contributed by atoms with van der Waals surface area (Å²) < 4.78 is 7.56. The molecule has 0 unspecified atom stereocenters. The molecule has 2 heterocycles. The SMILES string of the molecule is Cc1nc2ncnn2c(N[C@@H](C)c2cccc(OCc3ccccc3)c2)c1Cl. The van der Waals surface area contributed by atoms with Crippen LogP contribution in [-0.4, -0.2) is 19.6 Å². The van der Waals surface area contributed by atoms with Crippen molar-refractivity contribution in [2.24, 2.45) is 0 Å². The number of nitrogens with one attached hydrogen (secondary N) is 1. The molecule has 0 aliphatic rings. The quantitative estimate of drug-likeness (QED) is 0.508. The first-order chi connectivity index (χ1) is 13.6. The van der Waals surface area contributed by atoms with Crippen molar-refractivity contribution in [3.8, 4) is 5.75 Å². The summed E-state index contributed by atoms with van der Waals surface area (Å²) in [4.78, 5) is 8.49. The zero-order chi connectivity index (χ0) is 19.5. The van der Waals surface area contributed by atoms with Gasteiger partial charge in [0.15, 0.2) is 5.82 Å². The lowest BCUT2D eigenvalue weighted by Crippen LogP contribution is -2.12. The molecule has 1 N–H and O–H groups in total. The molecule has 0 radical (unpaired) electrons. The van der Waals surface area contributed by atoms with Gasteiger partial charge in [-0.1, -0.05) is 54.1 Å². The number of anilines is 1. The second-order valence-corrected chi connectivity index (χ2v) is 6.92. The van der Waals surface area contributed by atoms with E-state index in [2.05, 4.69) is 27.3 Å². The Morgan fingerprint density at radius 2 is 1.96 bits per heavy atom. The van der Waals surface area contributed by atoms with Crippen LogP contribution in [0.4, 0.5) is 5.82 Å². The monoisotopic (exact) mass is 393 g/mol. The number of rotatable bonds is 6.